The molecule has 1 N–H and O–H groups in total. The van der Waals surface area contributed by atoms with Crippen molar-refractivity contribution >= 4 is 51.6 Å². The van der Waals surface area contributed by atoms with Crippen LogP contribution in [0.25, 0.3) is 5.69 Å². The van der Waals surface area contributed by atoms with Crippen LogP contribution in [0, 0.1) is 19.7 Å². The lowest BCUT2D eigenvalue weighted by molar-refractivity contribution is -0.123. The minimum atomic E-state index is -0.356. The number of hydrazone groups is 1. The molecule has 5 nitrogen and oxygen atoms in total. The molecular formula is C24H23BrFN3O2S2. The molecule has 0 radical (unpaired) electrons. The van der Waals surface area contributed by atoms with Gasteiger partial charge in [0.05, 0.1) is 16.5 Å². The number of nitrogens with zero attached hydrogens (tertiary/aromatic N) is 2. The Labute approximate surface area is 209 Å². The molecular weight excluding hydrogens is 525 g/mol. The van der Waals surface area contributed by atoms with Gasteiger partial charge in [0.25, 0.3) is 5.91 Å². The first-order chi connectivity index (χ1) is 15.9. The predicted molar refractivity (Wildman–Crippen MR) is 138 cm³/mol. The lowest BCUT2D eigenvalue weighted by Gasteiger charge is -2.11. The number of carbonyl (C=O) groups excluding carboxylic acids is 1. The van der Waals surface area contributed by atoms with Gasteiger partial charge in [-0.15, -0.1) is 23.5 Å². The van der Waals surface area contributed by atoms with Gasteiger partial charge in [0, 0.05) is 32.9 Å². The van der Waals surface area contributed by atoms with Crippen LogP contribution in [0.1, 0.15) is 27.1 Å². The molecule has 3 aromatic rings. The zero-order valence-corrected chi connectivity index (χ0v) is 21.4. The van der Waals surface area contributed by atoms with E-state index < -0.39 is 0 Å². The van der Waals surface area contributed by atoms with Gasteiger partial charge in [-0.2, -0.15) is 5.10 Å². The van der Waals surface area contributed by atoms with Gasteiger partial charge >= 0.3 is 0 Å². The van der Waals surface area contributed by atoms with E-state index in [0.29, 0.717) is 20.5 Å². The van der Waals surface area contributed by atoms with Crippen LogP contribution >= 0.6 is 39.5 Å². The number of hydrogen-bond acceptors (Lipinski definition) is 5. The monoisotopic (exact) mass is 547 g/mol. The van der Waals surface area contributed by atoms with Gasteiger partial charge in [-0.3, -0.25) is 4.79 Å². The average molecular weight is 549 g/mol. The van der Waals surface area contributed by atoms with Gasteiger partial charge in [-0.05, 0) is 55.8 Å². The standard InChI is InChI=1S/C24H23BrFN3O2S2/c1-15-11-18(16(2)29(15)22-8-5-19(25)12-21(22)26)13-27-28-23(30)14-31-20-6-3-17(4-7-20)24-32-9-10-33-24/h3-8,11-13,24H,9-10,14H2,1-2H3,(H,28,30)/b27-13-. The lowest BCUT2D eigenvalue weighted by Crippen LogP contribution is -2.24. The maximum absolute atomic E-state index is 14.4. The number of carbonyl (C=O) groups is 1. The summed E-state index contributed by atoms with van der Waals surface area (Å²) in [5, 5.41) is 4.04. The topological polar surface area (TPSA) is 55.6 Å². The molecule has 1 aliphatic heterocycles. The van der Waals surface area contributed by atoms with Crippen molar-refractivity contribution in [2.45, 2.75) is 18.4 Å². The Morgan fingerprint density at radius 3 is 2.64 bits per heavy atom. The summed E-state index contributed by atoms with van der Waals surface area (Å²) in [4.78, 5) is 12.1. The Hall–Kier alpha value is -2.23. The highest BCUT2D eigenvalue weighted by Gasteiger charge is 2.18. The molecule has 0 aliphatic carbocycles. The molecule has 0 unspecified atom stereocenters. The van der Waals surface area contributed by atoms with Crippen molar-refractivity contribution < 1.29 is 13.9 Å². The van der Waals surface area contributed by atoms with Crippen LogP contribution in [0.2, 0.25) is 0 Å². The summed E-state index contributed by atoms with van der Waals surface area (Å²) in [6.45, 7) is 3.65. The minimum absolute atomic E-state index is 0.132. The molecule has 4 rings (SSSR count). The first kappa shape index (κ1) is 23.9. The van der Waals surface area contributed by atoms with Crippen molar-refractivity contribution in [3.63, 3.8) is 0 Å². The summed E-state index contributed by atoms with van der Waals surface area (Å²) in [5.41, 5.74) is 6.68. The van der Waals surface area contributed by atoms with Gasteiger partial charge < -0.3 is 9.30 Å². The maximum Gasteiger partial charge on any atom is 0.277 e. The Morgan fingerprint density at radius 1 is 1.21 bits per heavy atom. The Bertz CT molecular complexity index is 1180. The van der Waals surface area contributed by atoms with E-state index >= 15 is 0 Å². The van der Waals surface area contributed by atoms with E-state index in [1.54, 1.807) is 18.3 Å². The second-order valence-electron chi connectivity index (χ2n) is 7.48. The van der Waals surface area contributed by atoms with Crippen molar-refractivity contribution in [3.05, 3.63) is 81.3 Å². The van der Waals surface area contributed by atoms with Crippen LogP contribution in [-0.4, -0.2) is 34.8 Å². The van der Waals surface area contributed by atoms with Gasteiger partial charge in [-0.1, -0.05) is 28.1 Å². The fraction of sp³-hybridized carbons (Fsp3) is 0.250. The van der Waals surface area contributed by atoms with E-state index in [-0.39, 0.29) is 18.3 Å². The summed E-state index contributed by atoms with van der Waals surface area (Å²) in [5.74, 6) is 2.32. The van der Waals surface area contributed by atoms with Gasteiger partial charge in [0.15, 0.2) is 6.61 Å². The second kappa shape index (κ2) is 10.8. The Kier molecular flexibility index (Phi) is 7.82. The summed E-state index contributed by atoms with van der Waals surface area (Å²) in [6, 6.07) is 14.7. The van der Waals surface area contributed by atoms with Crippen LogP contribution in [0.3, 0.4) is 0 Å². The summed E-state index contributed by atoms with van der Waals surface area (Å²) < 4.78 is 23.0. The lowest BCUT2D eigenvalue weighted by atomic mass is 10.2. The molecule has 33 heavy (non-hydrogen) atoms. The quantitative estimate of drug-likeness (QED) is 0.291. The van der Waals surface area contributed by atoms with Crippen molar-refractivity contribution in [1.82, 2.24) is 9.99 Å². The largest absolute Gasteiger partial charge is 0.484 e. The highest BCUT2D eigenvalue weighted by atomic mass is 79.9. The number of nitrogens with one attached hydrogen (secondary N) is 1. The van der Waals surface area contributed by atoms with Crippen LogP contribution in [-0.2, 0) is 4.79 Å². The third kappa shape index (κ3) is 5.83. The first-order valence-corrected chi connectivity index (χ1v) is 13.2. The average Bonchev–Trinajstić information content (AvgIpc) is 3.42. The normalized spacial score (nSPS) is 14.2. The molecule has 0 saturated carbocycles. The first-order valence-electron chi connectivity index (χ1n) is 10.3. The highest BCUT2D eigenvalue weighted by molar-refractivity contribution is 9.10. The van der Waals surface area contributed by atoms with E-state index in [9.17, 15) is 9.18 Å². The maximum atomic E-state index is 14.4. The fourth-order valence-corrected chi connectivity index (χ4v) is 6.77. The molecule has 0 atom stereocenters. The minimum Gasteiger partial charge on any atom is -0.484 e. The molecule has 2 aromatic carbocycles. The van der Waals surface area contributed by atoms with Crippen LogP contribution in [0.4, 0.5) is 4.39 Å². The third-order valence-electron chi connectivity index (χ3n) is 5.16. The number of ether oxygens (including phenoxy) is 1. The fourth-order valence-electron chi connectivity index (χ4n) is 3.58. The van der Waals surface area contributed by atoms with E-state index in [1.807, 2.05) is 72.3 Å². The molecule has 1 aromatic heterocycles. The molecule has 172 valence electrons. The molecule has 1 amide bonds. The molecule has 1 fully saturated rings. The SMILES string of the molecule is Cc1cc(/C=N\NC(=O)COc2ccc(C3SCCS3)cc2)c(C)n1-c1ccc(Br)cc1F. The van der Waals surface area contributed by atoms with E-state index in [1.165, 1.54) is 23.1 Å². The number of amides is 1. The Morgan fingerprint density at radius 2 is 1.94 bits per heavy atom. The molecule has 9 heteroatoms. The van der Waals surface area contributed by atoms with Crippen molar-refractivity contribution in [1.29, 1.82) is 0 Å². The molecule has 2 heterocycles. The molecule has 1 saturated heterocycles. The van der Waals surface area contributed by atoms with Crippen LogP contribution < -0.4 is 10.2 Å². The number of aryl methyl sites for hydroxylation is 1. The number of hydrogen-bond donors (Lipinski definition) is 1. The number of halogens is 2. The number of aromatic nitrogens is 1. The van der Waals surface area contributed by atoms with E-state index in [2.05, 4.69) is 26.5 Å². The summed E-state index contributed by atoms with van der Waals surface area (Å²) in [7, 11) is 0. The number of rotatable bonds is 7. The molecule has 1 aliphatic rings. The van der Waals surface area contributed by atoms with Crippen molar-refractivity contribution in [2.24, 2.45) is 5.10 Å². The molecule has 0 bridgehead atoms. The summed E-state index contributed by atoms with van der Waals surface area (Å²) >= 11 is 7.18. The third-order valence-corrected chi connectivity index (χ3v) is 8.76. The number of benzene rings is 2. The van der Waals surface area contributed by atoms with Gasteiger partial charge in [-0.25, -0.2) is 9.82 Å². The van der Waals surface area contributed by atoms with Gasteiger partial charge in [0.1, 0.15) is 11.6 Å². The number of thioether (sulfide) groups is 2. The second-order valence-corrected chi connectivity index (χ2v) is 11.1. The highest BCUT2D eigenvalue weighted by Crippen LogP contribution is 2.45. The van der Waals surface area contributed by atoms with Gasteiger partial charge in [0.2, 0.25) is 0 Å². The zero-order valence-electron chi connectivity index (χ0n) is 18.2. The smallest absolute Gasteiger partial charge is 0.277 e. The zero-order chi connectivity index (χ0) is 23.4. The van der Waals surface area contributed by atoms with Crippen molar-refractivity contribution in [2.75, 3.05) is 18.1 Å². The van der Waals surface area contributed by atoms with E-state index in [4.69, 9.17) is 4.74 Å². The summed E-state index contributed by atoms with van der Waals surface area (Å²) in [6.07, 6.45) is 1.55. The Balaban J connectivity index is 1.33. The van der Waals surface area contributed by atoms with E-state index in [0.717, 1.165) is 17.0 Å². The molecule has 0 spiro atoms. The van der Waals surface area contributed by atoms with Crippen LogP contribution in [0.5, 0.6) is 5.75 Å². The van der Waals surface area contributed by atoms with Crippen molar-refractivity contribution in [3.8, 4) is 11.4 Å². The van der Waals surface area contributed by atoms with Crippen LogP contribution in [0.15, 0.2) is 58.1 Å². The predicted octanol–water partition coefficient (Wildman–Crippen LogP) is 6.00.